The number of ketones is 1. The molecule has 4 rings (SSSR count). The second-order valence-electron chi connectivity index (χ2n) is 9.52. The molecule has 1 aliphatic rings. The van der Waals surface area contributed by atoms with Crippen molar-refractivity contribution in [3.63, 3.8) is 0 Å². The Balaban J connectivity index is 0.00000253. The summed E-state index contributed by atoms with van der Waals surface area (Å²) < 4.78 is 42.2. The zero-order valence-corrected chi connectivity index (χ0v) is 22.8. The number of alkyl halides is 3. The van der Waals surface area contributed by atoms with Crippen molar-refractivity contribution in [2.24, 2.45) is 5.92 Å². The van der Waals surface area contributed by atoms with Crippen molar-refractivity contribution in [2.75, 3.05) is 26.0 Å². The van der Waals surface area contributed by atoms with E-state index in [-0.39, 0.29) is 36.6 Å². The van der Waals surface area contributed by atoms with Crippen molar-refractivity contribution in [1.29, 1.82) is 0 Å². The highest BCUT2D eigenvalue weighted by molar-refractivity contribution is 6.06. The molecular weight excluding hydrogens is 544 g/mol. The second kappa shape index (κ2) is 12.8. The predicted octanol–water partition coefficient (Wildman–Crippen LogP) is 6.48. The van der Waals surface area contributed by atoms with Crippen molar-refractivity contribution in [2.45, 2.75) is 45.0 Å². The smallest absolute Gasteiger partial charge is 0.504 e. The van der Waals surface area contributed by atoms with Gasteiger partial charge in [-0.1, -0.05) is 0 Å². The number of phenols is 1. The first-order valence-corrected chi connectivity index (χ1v) is 11.8. The minimum Gasteiger partial charge on any atom is -0.504 e. The number of benzene rings is 1. The molecule has 3 aromatic rings. The van der Waals surface area contributed by atoms with Gasteiger partial charge >= 0.3 is 6.36 Å². The molecule has 2 N–H and O–H groups in total. The molecule has 7 nitrogen and oxygen atoms in total. The number of halogens is 5. The Morgan fingerprint density at radius 2 is 1.82 bits per heavy atom. The van der Waals surface area contributed by atoms with Gasteiger partial charge in [0, 0.05) is 24.3 Å². The number of hydrogen-bond acceptors (Lipinski definition) is 7. The highest BCUT2D eigenvalue weighted by atomic mass is 35.5. The summed E-state index contributed by atoms with van der Waals surface area (Å²) in [5, 5.41) is 13.3. The number of hydrogen-bond donors (Lipinski definition) is 2. The monoisotopic (exact) mass is 574 g/mol. The summed E-state index contributed by atoms with van der Waals surface area (Å²) in [5.41, 5.74) is 2.68. The lowest BCUT2D eigenvalue weighted by molar-refractivity contribution is -0.275. The van der Waals surface area contributed by atoms with Crippen LogP contribution in [-0.2, 0) is 0 Å². The Morgan fingerprint density at radius 3 is 2.42 bits per heavy atom. The maximum Gasteiger partial charge on any atom is 0.573 e. The number of aromatic nitrogens is 2. The topological polar surface area (TPSA) is 87.6 Å². The van der Waals surface area contributed by atoms with Crippen LogP contribution in [0.3, 0.4) is 0 Å². The predicted molar refractivity (Wildman–Crippen MR) is 146 cm³/mol. The number of carbonyl (C=O) groups is 1. The molecule has 0 atom stereocenters. The SMILES string of the molecule is CC(=O)c1cnc2ccc(-c3ccc(O)c(OC(F)(F)F)c3)nc2c1N[C@H]1CC[C@H](CN(C)C)CC1.Cl.Cl. The molecule has 38 heavy (non-hydrogen) atoms. The summed E-state index contributed by atoms with van der Waals surface area (Å²) in [4.78, 5) is 23.7. The summed E-state index contributed by atoms with van der Waals surface area (Å²) in [6.07, 6.45) is 0.632. The summed E-state index contributed by atoms with van der Waals surface area (Å²) in [6, 6.07) is 7.16. The van der Waals surface area contributed by atoms with E-state index in [4.69, 9.17) is 0 Å². The fourth-order valence-corrected chi connectivity index (χ4v) is 4.73. The van der Waals surface area contributed by atoms with Gasteiger partial charge in [0.15, 0.2) is 17.3 Å². The Hall–Kier alpha value is -2.82. The molecule has 0 aliphatic heterocycles. The van der Waals surface area contributed by atoms with E-state index in [0.29, 0.717) is 39.5 Å². The zero-order chi connectivity index (χ0) is 26.0. The van der Waals surface area contributed by atoms with Crippen LogP contribution in [0.2, 0.25) is 0 Å². The van der Waals surface area contributed by atoms with Crippen LogP contribution in [0, 0.1) is 5.92 Å². The standard InChI is InChI=1S/C26H29F3N4O3.2ClH/c1-15(34)19-13-30-21-10-9-20(17-6-11-22(35)23(12-17)36-26(27,28)29)32-25(21)24(19)31-18-7-4-16(5-8-18)14-33(2)3;;/h6,9-13,16,18,35H,4-5,7-8,14H2,1-3H3,(H,30,31);2*1H/t16-,18-;;. The Labute approximate surface area is 231 Å². The van der Waals surface area contributed by atoms with Gasteiger partial charge in [-0.15, -0.1) is 38.0 Å². The molecule has 1 fully saturated rings. The molecule has 1 aliphatic carbocycles. The van der Waals surface area contributed by atoms with Crippen LogP contribution in [0.15, 0.2) is 36.5 Å². The minimum absolute atomic E-state index is 0. The number of aromatic hydroxyl groups is 1. The average Bonchev–Trinajstić information content (AvgIpc) is 2.80. The maximum atomic E-state index is 12.7. The average molecular weight is 575 g/mol. The largest absolute Gasteiger partial charge is 0.573 e. The van der Waals surface area contributed by atoms with Gasteiger partial charge in [0.2, 0.25) is 0 Å². The molecule has 0 saturated heterocycles. The number of ether oxygens (including phenoxy) is 1. The maximum absolute atomic E-state index is 12.7. The van der Waals surface area contributed by atoms with Gasteiger partial charge in [-0.05, 0) is 83.0 Å². The van der Waals surface area contributed by atoms with Crippen molar-refractivity contribution < 1.29 is 27.8 Å². The third-order valence-corrected chi connectivity index (χ3v) is 6.39. The number of nitrogens with zero attached hydrogens (tertiary/aromatic N) is 3. The first kappa shape index (κ1) is 31.4. The molecule has 1 aromatic carbocycles. The molecule has 12 heteroatoms. The number of nitrogens with one attached hydrogen (secondary N) is 1. The fraction of sp³-hybridized carbons (Fsp3) is 0.423. The first-order chi connectivity index (χ1) is 17.0. The van der Waals surface area contributed by atoms with E-state index in [1.807, 2.05) is 0 Å². The van der Waals surface area contributed by atoms with Gasteiger partial charge in [-0.2, -0.15) is 0 Å². The minimum atomic E-state index is -4.95. The van der Waals surface area contributed by atoms with Gasteiger partial charge in [0.05, 0.1) is 22.5 Å². The van der Waals surface area contributed by atoms with Crippen LogP contribution in [-0.4, -0.2) is 58.8 Å². The summed E-state index contributed by atoms with van der Waals surface area (Å²) >= 11 is 0. The number of pyridine rings is 2. The Kier molecular flexibility index (Phi) is 10.6. The van der Waals surface area contributed by atoms with E-state index in [9.17, 15) is 23.1 Å². The zero-order valence-electron chi connectivity index (χ0n) is 21.2. The number of phenolic OH excluding ortho intramolecular Hbond substituents is 1. The van der Waals surface area contributed by atoms with Gasteiger partial charge < -0.3 is 20.1 Å². The van der Waals surface area contributed by atoms with E-state index in [1.165, 1.54) is 19.2 Å². The van der Waals surface area contributed by atoms with Crippen molar-refractivity contribution >= 4 is 47.3 Å². The van der Waals surface area contributed by atoms with Crippen molar-refractivity contribution in [1.82, 2.24) is 14.9 Å². The molecule has 2 heterocycles. The molecule has 1 saturated carbocycles. The van der Waals surface area contributed by atoms with Crippen LogP contribution < -0.4 is 10.1 Å². The molecule has 0 spiro atoms. The van der Waals surface area contributed by atoms with Crippen molar-refractivity contribution in [3.8, 4) is 22.8 Å². The molecule has 2 aromatic heterocycles. The third-order valence-electron chi connectivity index (χ3n) is 6.39. The Bertz CT molecular complexity index is 1270. The summed E-state index contributed by atoms with van der Waals surface area (Å²) in [6.45, 7) is 2.51. The van der Waals surface area contributed by atoms with Gasteiger partial charge in [0.1, 0.15) is 5.52 Å². The number of anilines is 1. The Morgan fingerprint density at radius 1 is 1.13 bits per heavy atom. The fourth-order valence-electron chi connectivity index (χ4n) is 4.73. The molecule has 0 unspecified atom stereocenters. The van der Waals surface area contributed by atoms with Crippen molar-refractivity contribution in [3.05, 3.63) is 42.1 Å². The highest BCUT2D eigenvalue weighted by Gasteiger charge is 2.32. The molecule has 0 amide bonds. The van der Waals surface area contributed by atoms with E-state index < -0.39 is 17.9 Å². The molecule has 208 valence electrons. The van der Waals surface area contributed by atoms with Crippen LogP contribution in [0.4, 0.5) is 18.9 Å². The van der Waals surface area contributed by atoms with E-state index >= 15 is 0 Å². The summed E-state index contributed by atoms with van der Waals surface area (Å²) in [7, 11) is 4.14. The number of Topliss-reactive ketones (excluding diaryl/α,β-unsaturated/α-hetero) is 1. The highest BCUT2D eigenvalue weighted by Crippen LogP contribution is 2.36. The number of rotatable bonds is 7. The first-order valence-electron chi connectivity index (χ1n) is 11.8. The van der Waals surface area contributed by atoms with E-state index in [0.717, 1.165) is 44.4 Å². The lowest BCUT2D eigenvalue weighted by atomic mass is 9.85. The second-order valence-corrected chi connectivity index (χ2v) is 9.52. The van der Waals surface area contributed by atoms with Gasteiger partial charge in [0.25, 0.3) is 0 Å². The molecule has 0 bridgehead atoms. The third kappa shape index (κ3) is 7.61. The lowest BCUT2D eigenvalue weighted by Gasteiger charge is -2.31. The van der Waals surface area contributed by atoms with Gasteiger partial charge in [-0.25, -0.2) is 4.98 Å². The van der Waals surface area contributed by atoms with Crippen LogP contribution in [0.5, 0.6) is 11.5 Å². The van der Waals surface area contributed by atoms with E-state index in [1.54, 1.807) is 12.1 Å². The number of fused-ring (bicyclic) bond motifs is 1. The van der Waals surface area contributed by atoms with E-state index in [2.05, 4.69) is 39.0 Å². The van der Waals surface area contributed by atoms with Gasteiger partial charge in [-0.3, -0.25) is 9.78 Å². The van der Waals surface area contributed by atoms with Crippen LogP contribution in [0.1, 0.15) is 43.0 Å². The lowest BCUT2D eigenvalue weighted by Crippen LogP contribution is -2.31. The van der Waals surface area contributed by atoms with Crippen LogP contribution in [0.25, 0.3) is 22.3 Å². The number of carbonyl (C=O) groups excluding carboxylic acids is 1. The summed E-state index contributed by atoms with van der Waals surface area (Å²) in [5.74, 6) is -0.882. The van der Waals surface area contributed by atoms with Crippen LogP contribution >= 0.6 is 24.8 Å². The molecule has 0 radical (unpaired) electrons. The normalized spacial score (nSPS) is 17.4. The quantitative estimate of drug-likeness (QED) is 0.312. The molecular formula is C26H31Cl2F3N4O3.